The number of benzene rings is 1. The Kier molecular flexibility index (Phi) is 8.02. The Hall–Kier alpha value is -1.63. The summed E-state index contributed by atoms with van der Waals surface area (Å²) in [4.78, 5) is 11.0. The summed E-state index contributed by atoms with van der Waals surface area (Å²) in [5, 5.41) is 12.9. The van der Waals surface area contributed by atoms with Gasteiger partial charge in [-0.05, 0) is 38.5 Å². The van der Waals surface area contributed by atoms with Crippen molar-refractivity contribution in [3.8, 4) is 5.75 Å². The molecule has 3 atom stereocenters. The standard InChI is InChI=1S/C17H27NO5/c1-11(2)18-17(12(3)19)23-15-8-6-14(7-9-15)10-16(21-5)22-13(4)20/h6-9,11-12,16-19H,10H2,1-5H3. The van der Waals surface area contributed by atoms with Crippen LogP contribution in [0.25, 0.3) is 0 Å². The van der Waals surface area contributed by atoms with Crippen LogP contribution in [0.5, 0.6) is 5.75 Å². The first kappa shape index (κ1) is 19.4. The van der Waals surface area contributed by atoms with E-state index in [0.717, 1.165) is 5.56 Å². The normalized spacial score (nSPS) is 15.1. The lowest BCUT2D eigenvalue weighted by Gasteiger charge is -2.25. The zero-order valence-corrected chi connectivity index (χ0v) is 14.4. The fourth-order valence-electron chi connectivity index (χ4n) is 2.00. The molecule has 1 aromatic carbocycles. The van der Waals surface area contributed by atoms with Gasteiger partial charge in [0.15, 0.2) is 6.23 Å². The maximum atomic E-state index is 11.0. The van der Waals surface area contributed by atoms with Gasteiger partial charge in [-0.1, -0.05) is 12.1 Å². The zero-order valence-electron chi connectivity index (χ0n) is 14.4. The maximum Gasteiger partial charge on any atom is 0.304 e. The predicted octanol–water partition coefficient (Wildman–Crippen LogP) is 1.85. The van der Waals surface area contributed by atoms with Crippen molar-refractivity contribution < 1.29 is 24.1 Å². The number of rotatable bonds is 9. The van der Waals surface area contributed by atoms with E-state index in [2.05, 4.69) is 5.32 Å². The number of nitrogens with one attached hydrogen (secondary N) is 1. The molecule has 6 nitrogen and oxygen atoms in total. The Morgan fingerprint density at radius 3 is 2.26 bits per heavy atom. The van der Waals surface area contributed by atoms with Crippen LogP contribution in [0, 0.1) is 0 Å². The maximum absolute atomic E-state index is 11.0. The molecule has 0 aromatic heterocycles. The second-order valence-corrected chi connectivity index (χ2v) is 5.72. The van der Waals surface area contributed by atoms with Crippen LogP contribution in [0.1, 0.15) is 33.3 Å². The van der Waals surface area contributed by atoms with Crippen LogP contribution < -0.4 is 10.1 Å². The van der Waals surface area contributed by atoms with Crippen molar-refractivity contribution in [1.29, 1.82) is 0 Å². The molecule has 1 rings (SSSR count). The summed E-state index contributed by atoms with van der Waals surface area (Å²) in [7, 11) is 1.50. The molecular weight excluding hydrogens is 298 g/mol. The smallest absolute Gasteiger partial charge is 0.304 e. The molecule has 0 amide bonds. The van der Waals surface area contributed by atoms with Gasteiger partial charge >= 0.3 is 5.97 Å². The molecule has 3 unspecified atom stereocenters. The first-order valence-electron chi connectivity index (χ1n) is 7.71. The number of carbonyl (C=O) groups excluding carboxylic acids is 1. The number of aliphatic hydroxyl groups is 1. The van der Waals surface area contributed by atoms with E-state index in [1.165, 1.54) is 14.0 Å². The van der Waals surface area contributed by atoms with Crippen molar-refractivity contribution in [2.24, 2.45) is 0 Å². The summed E-state index contributed by atoms with van der Waals surface area (Å²) in [5.41, 5.74) is 0.955. The molecule has 0 spiro atoms. The third kappa shape index (κ3) is 7.45. The Balaban J connectivity index is 2.66. The van der Waals surface area contributed by atoms with Gasteiger partial charge in [-0.15, -0.1) is 0 Å². The number of methoxy groups -OCH3 is 1. The van der Waals surface area contributed by atoms with Gasteiger partial charge in [-0.2, -0.15) is 0 Å². The topological polar surface area (TPSA) is 77.0 Å². The molecule has 0 fully saturated rings. The highest BCUT2D eigenvalue weighted by atomic mass is 16.7. The molecule has 0 heterocycles. The highest BCUT2D eigenvalue weighted by molar-refractivity contribution is 5.66. The summed E-state index contributed by atoms with van der Waals surface area (Å²) < 4.78 is 15.9. The molecule has 2 N–H and O–H groups in total. The third-order valence-corrected chi connectivity index (χ3v) is 3.08. The van der Waals surface area contributed by atoms with Crippen LogP contribution in [-0.4, -0.2) is 42.8 Å². The average Bonchev–Trinajstić information content (AvgIpc) is 2.46. The largest absolute Gasteiger partial charge is 0.473 e. The van der Waals surface area contributed by atoms with Crippen LogP contribution >= 0.6 is 0 Å². The SMILES string of the molecule is COC(Cc1ccc(OC(NC(C)C)C(C)O)cc1)OC(C)=O. The van der Waals surface area contributed by atoms with Crippen LogP contribution in [0.4, 0.5) is 0 Å². The Labute approximate surface area is 137 Å². The van der Waals surface area contributed by atoms with Crippen molar-refractivity contribution in [3.63, 3.8) is 0 Å². The molecule has 23 heavy (non-hydrogen) atoms. The molecule has 0 bridgehead atoms. The Morgan fingerprint density at radius 1 is 1.22 bits per heavy atom. The van der Waals surface area contributed by atoms with Gasteiger partial charge < -0.3 is 19.3 Å². The van der Waals surface area contributed by atoms with E-state index in [4.69, 9.17) is 14.2 Å². The summed E-state index contributed by atoms with van der Waals surface area (Å²) >= 11 is 0. The highest BCUT2D eigenvalue weighted by Gasteiger charge is 2.17. The van der Waals surface area contributed by atoms with E-state index in [-0.39, 0.29) is 12.0 Å². The van der Waals surface area contributed by atoms with Gasteiger partial charge in [-0.25, -0.2) is 0 Å². The van der Waals surface area contributed by atoms with Gasteiger partial charge in [0.1, 0.15) is 11.9 Å². The molecule has 0 aliphatic rings. The Bertz CT molecular complexity index is 472. The van der Waals surface area contributed by atoms with E-state index in [0.29, 0.717) is 12.2 Å². The molecule has 6 heteroatoms. The monoisotopic (exact) mass is 325 g/mol. The van der Waals surface area contributed by atoms with Crippen molar-refractivity contribution in [2.75, 3.05) is 7.11 Å². The molecular formula is C17H27NO5. The minimum atomic E-state index is -0.640. The predicted molar refractivity (Wildman–Crippen MR) is 87.1 cm³/mol. The lowest BCUT2D eigenvalue weighted by atomic mass is 10.1. The first-order valence-corrected chi connectivity index (χ1v) is 7.71. The molecule has 0 radical (unpaired) electrons. The lowest BCUT2D eigenvalue weighted by molar-refractivity contribution is -0.170. The molecule has 0 saturated heterocycles. The van der Waals surface area contributed by atoms with Crippen molar-refractivity contribution in [3.05, 3.63) is 29.8 Å². The molecule has 0 aliphatic heterocycles. The fraction of sp³-hybridized carbons (Fsp3) is 0.588. The number of carbonyl (C=O) groups is 1. The summed E-state index contributed by atoms with van der Waals surface area (Å²) in [5.74, 6) is 0.269. The van der Waals surface area contributed by atoms with Gasteiger partial charge in [0, 0.05) is 26.5 Å². The van der Waals surface area contributed by atoms with Gasteiger partial charge in [0.2, 0.25) is 6.29 Å². The van der Waals surface area contributed by atoms with E-state index in [1.54, 1.807) is 6.92 Å². The fourth-order valence-corrected chi connectivity index (χ4v) is 2.00. The first-order chi connectivity index (χ1) is 10.8. The second-order valence-electron chi connectivity index (χ2n) is 5.72. The Morgan fingerprint density at radius 2 is 1.83 bits per heavy atom. The van der Waals surface area contributed by atoms with Crippen molar-refractivity contribution >= 4 is 5.97 Å². The number of hydrogen-bond donors (Lipinski definition) is 2. The average molecular weight is 325 g/mol. The van der Waals surface area contributed by atoms with E-state index >= 15 is 0 Å². The van der Waals surface area contributed by atoms with Crippen LogP contribution in [0.15, 0.2) is 24.3 Å². The second kappa shape index (κ2) is 9.50. The molecule has 130 valence electrons. The van der Waals surface area contributed by atoms with Crippen LogP contribution in [0.3, 0.4) is 0 Å². The van der Waals surface area contributed by atoms with E-state index in [1.807, 2.05) is 38.1 Å². The van der Waals surface area contributed by atoms with Crippen molar-refractivity contribution in [1.82, 2.24) is 5.32 Å². The summed E-state index contributed by atoms with van der Waals surface area (Å²) in [6.45, 7) is 7.00. The summed E-state index contributed by atoms with van der Waals surface area (Å²) in [6, 6.07) is 7.57. The highest BCUT2D eigenvalue weighted by Crippen LogP contribution is 2.16. The molecule has 1 aromatic rings. The minimum Gasteiger partial charge on any atom is -0.473 e. The van der Waals surface area contributed by atoms with Crippen molar-refractivity contribution in [2.45, 2.75) is 58.8 Å². The minimum absolute atomic E-state index is 0.195. The van der Waals surface area contributed by atoms with E-state index in [9.17, 15) is 9.90 Å². The van der Waals surface area contributed by atoms with Gasteiger partial charge in [0.25, 0.3) is 0 Å². The third-order valence-electron chi connectivity index (χ3n) is 3.08. The molecule has 0 aliphatic carbocycles. The number of ether oxygens (including phenoxy) is 3. The number of esters is 1. The van der Waals surface area contributed by atoms with Crippen LogP contribution in [0.2, 0.25) is 0 Å². The van der Waals surface area contributed by atoms with Gasteiger partial charge in [0.05, 0.1) is 0 Å². The quantitative estimate of drug-likeness (QED) is 0.533. The number of hydrogen-bond acceptors (Lipinski definition) is 6. The number of aliphatic hydroxyl groups excluding tert-OH is 1. The lowest BCUT2D eigenvalue weighted by Crippen LogP contribution is -2.46. The summed E-state index contributed by atoms with van der Waals surface area (Å²) in [6.07, 6.45) is -1.26. The zero-order chi connectivity index (χ0) is 17.4. The van der Waals surface area contributed by atoms with E-state index < -0.39 is 18.6 Å². The molecule has 0 saturated carbocycles. The van der Waals surface area contributed by atoms with Crippen LogP contribution in [-0.2, 0) is 20.7 Å². The van der Waals surface area contributed by atoms with Gasteiger partial charge in [-0.3, -0.25) is 10.1 Å².